The van der Waals surface area contributed by atoms with Crippen molar-refractivity contribution in [3.05, 3.63) is 41.5 Å². The number of amides is 1. The predicted molar refractivity (Wildman–Crippen MR) is 98.8 cm³/mol. The number of carbonyl (C=O) groups is 1. The van der Waals surface area contributed by atoms with Crippen LogP contribution in [0.5, 0.6) is 0 Å². The summed E-state index contributed by atoms with van der Waals surface area (Å²) in [5, 5.41) is 3.99. The first kappa shape index (κ1) is 17.2. The average molecular weight is 354 g/mol. The minimum absolute atomic E-state index is 0.223. The maximum atomic E-state index is 13.5. The van der Waals surface area contributed by atoms with Gasteiger partial charge in [0.15, 0.2) is 5.82 Å². The third-order valence-corrected chi connectivity index (χ3v) is 5.74. The SMILES string of the molecule is CCc1noc(CN2CCCC23CCCN(c2ccc(C)cc2)C3=O)n1. The van der Waals surface area contributed by atoms with E-state index in [1.807, 2.05) is 11.8 Å². The highest BCUT2D eigenvalue weighted by molar-refractivity contribution is 6.01. The standard InChI is InChI=1S/C20H26N4O2/c1-3-17-21-18(26-22-17)14-23-12-4-10-20(23)11-5-13-24(19(20)25)16-8-6-15(2)7-9-16/h6-9H,3-5,10-14H2,1-2H3. The molecule has 0 N–H and O–H groups in total. The Morgan fingerprint density at radius 1 is 1.15 bits per heavy atom. The number of aryl methyl sites for hydroxylation is 2. The van der Waals surface area contributed by atoms with Crippen LogP contribution in [0.1, 0.15) is 49.9 Å². The molecule has 2 fully saturated rings. The van der Waals surface area contributed by atoms with Gasteiger partial charge in [-0.2, -0.15) is 4.98 Å². The lowest BCUT2D eigenvalue weighted by atomic mass is 9.85. The molecule has 1 aromatic carbocycles. The fourth-order valence-corrected chi connectivity index (χ4v) is 4.31. The molecular weight excluding hydrogens is 328 g/mol. The number of aromatic nitrogens is 2. The van der Waals surface area contributed by atoms with Gasteiger partial charge in [-0.3, -0.25) is 9.69 Å². The Hall–Kier alpha value is -2.21. The lowest BCUT2D eigenvalue weighted by molar-refractivity contribution is -0.132. The molecule has 26 heavy (non-hydrogen) atoms. The van der Waals surface area contributed by atoms with Gasteiger partial charge in [-0.25, -0.2) is 0 Å². The first-order valence-corrected chi connectivity index (χ1v) is 9.57. The molecule has 0 aliphatic carbocycles. The highest BCUT2D eigenvalue weighted by Gasteiger charge is 2.51. The van der Waals surface area contributed by atoms with Crippen molar-refractivity contribution in [3.8, 4) is 0 Å². The average Bonchev–Trinajstić information content (AvgIpc) is 3.27. The number of piperidine rings is 1. The molecule has 6 heteroatoms. The van der Waals surface area contributed by atoms with Crippen LogP contribution < -0.4 is 4.90 Å². The fraction of sp³-hybridized carbons (Fsp3) is 0.550. The summed E-state index contributed by atoms with van der Waals surface area (Å²) in [7, 11) is 0. The summed E-state index contributed by atoms with van der Waals surface area (Å²) in [6, 6.07) is 8.25. The summed E-state index contributed by atoms with van der Waals surface area (Å²) in [4.78, 5) is 22.2. The second-order valence-corrected chi connectivity index (χ2v) is 7.41. The van der Waals surface area contributed by atoms with Gasteiger partial charge >= 0.3 is 0 Å². The first-order valence-electron chi connectivity index (χ1n) is 9.57. The van der Waals surface area contributed by atoms with Gasteiger partial charge in [-0.05, 0) is 51.3 Å². The van der Waals surface area contributed by atoms with E-state index in [0.717, 1.165) is 56.7 Å². The Kier molecular flexibility index (Phi) is 4.53. The van der Waals surface area contributed by atoms with Crippen molar-refractivity contribution in [2.24, 2.45) is 0 Å². The Balaban J connectivity index is 1.58. The van der Waals surface area contributed by atoms with Crippen LogP contribution in [0.15, 0.2) is 28.8 Å². The molecule has 1 amide bonds. The normalized spacial score (nSPS) is 23.9. The number of hydrogen-bond donors (Lipinski definition) is 0. The molecule has 6 nitrogen and oxygen atoms in total. The molecule has 0 saturated carbocycles. The number of hydrogen-bond acceptors (Lipinski definition) is 5. The van der Waals surface area contributed by atoms with E-state index < -0.39 is 5.54 Å². The molecule has 1 spiro atoms. The van der Waals surface area contributed by atoms with Crippen LogP contribution in [0, 0.1) is 6.92 Å². The summed E-state index contributed by atoms with van der Waals surface area (Å²) in [5.74, 6) is 1.56. The molecule has 138 valence electrons. The van der Waals surface area contributed by atoms with Crippen molar-refractivity contribution in [3.63, 3.8) is 0 Å². The molecule has 4 rings (SSSR count). The molecule has 1 atom stereocenters. The lowest BCUT2D eigenvalue weighted by Crippen LogP contribution is -2.59. The zero-order valence-electron chi connectivity index (χ0n) is 15.6. The summed E-state index contributed by atoms with van der Waals surface area (Å²) < 4.78 is 5.38. The number of carbonyl (C=O) groups excluding carboxylic acids is 1. The van der Waals surface area contributed by atoms with Crippen molar-refractivity contribution in [1.82, 2.24) is 15.0 Å². The number of nitrogens with zero attached hydrogens (tertiary/aromatic N) is 4. The van der Waals surface area contributed by atoms with Crippen molar-refractivity contribution in [1.29, 1.82) is 0 Å². The van der Waals surface area contributed by atoms with Crippen molar-refractivity contribution in [2.45, 2.75) is 58.0 Å². The topological polar surface area (TPSA) is 62.5 Å². The number of benzene rings is 1. The molecule has 2 aliphatic rings. The van der Waals surface area contributed by atoms with Crippen molar-refractivity contribution in [2.75, 3.05) is 18.0 Å². The Labute approximate surface area is 154 Å². The van der Waals surface area contributed by atoms with Gasteiger partial charge < -0.3 is 9.42 Å². The summed E-state index contributed by atoms with van der Waals surface area (Å²) >= 11 is 0. The van der Waals surface area contributed by atoms with E-state index in [9.17, 15) is 4.79 Å². The molecule has 2 aliphatic heterocycles. The van der Waals surface area contributed by atoms with Gasteiger partial charge in [-0.15, -0.1) is 0 Å². The van der Waals surface area contributed by atoms with E-state index in [-0.39, 0.29) is 5.91 Å². The maximum absolute atomic E-state index is 13.5. The van der Waals surface area contributed by atoms with Crippen LogP contribution in [-0.4, -0.2) is 39.6 Å². The van der Waals surface area contributed by atoms with Crippen LogP contribution in [-0.2, 0) is 17.8 Å². The van der Waals surface area contributed by atoms with E-state index in [2.05, 4.69) is 46.2 Å². The van der Waals surface area contributed by atoms with Crippen LogP contribution in [0.25, 0.3) is 0 Å². The van der Waals surface area contributed by atoms with Crippen LogP contribution in [0.4, 0.5) is 5.69 Å². The monoisotopic (exact) mass is 354 g/mol. The molecular formula is C20H26N4O2. The zero-order chi connectivity index (χ0) is 18.1. The quantitative estimate of drug-likeness (QED) is 0.844. The highest BCUT2D eigenvalue weighted by atomic mass is 16.5. The third-order valence-electron chi connectivity index (χ3n) is 5.74. The van der Waals surface area contributed by atoms with Crippen molar-refractivity contribution >= 4 is 11.6 Å². The largest absolute Gasteiger partial charge is 0.338 e. The van der Waals surface area contributed by atoms with Crippen molar-refractivity contribution < 1.29 is 9.32 Å². The Morgan fingerprint density at radius 2 is 1.88 bits per heavy atom. The summed E-state index contributed by atoms with van der Waals surface area (Å²) in [6.45, 7) is 6.32. The first-order chi connectivity index (χ1) is 12.6. The lowest BCUT2D eigenvalue weighted by Gasteiger charge is -2.44. The van der Waals surface area contributed by atoms with Gasteiger partial charge in [-0.1, -0.05) is 29.8 Å². The van der Waals surface area contributed by atoms with Crippen LogP contribution in [0.2, 0.25) is 0 Å². The number of rotatable bonds is 4. The van der Waals surface area contributed by atoms with Gasteiger partial charge in [0, 0.05) is 18.7 Å². The molecule has 2 aromatic rings. The van der Waals surface area contributed by atoms with E-state index >= 15 is 0 Å². The number of likely N-dealkylation sites (tertiary alicyclic amines) is 1. The fourth-order valence-electron chi connectivity index (χ4n) is 4.31. The van der Waals surface area contributed by atoms with Gasteiger partial charge in [0.1, 0.15) is 5.54 Å². The molecule has 1 aromatic heterocycles. The summed E-state index contributed by atoms with van der Waals surface area (Å²) in [5.41, 5.74) is 1.78. The molecule has 3 heterocycles. The van der Waals surface area contributed by atoms with Crippen LogP contribution >= 0.6 is 0 Å². The Bertz CT molecular complexity index is 785. The summed E-state index contributed by atoms with van der Waals surface area (Å²) in [6.07, 6.45) is 4.61. The van der Waals surface area contributed by atoms with Gasteiger partial charge in [0.25, 0.3) is 0 Å². The highest BCUT2D eigenvalue weighted by Crippen LogP contribution is 2.40. The Morgan fingerprint density at radius 3 is 2.58 bits per heavy atom. The number of anilines is 1. The smallest absolute Gasteiger partial charge is 0.247 e. The van der Waals surface area contributed by atoms with Crippen LogP contribution in [0.3, 0.4) is 0 Å². The maximum Gasteiger partial charge on any atom is 0.247 e. The molecule has 0 bridgehead atoms. The van der Waals surface area contributed by atoms with E-state index in [1.165, 1.54) is 5.56 Å². The minimum atomic E-state index is -0.427. The zero-order valence-corrected chi connectivity index (χ0v) is 15.6. The van der Waals surface area contributed by atoms with Gasteiger partial charge in [0.2, 0.25) is 11.8 Å². The van der Waals surface area contributed by atoms with Gasteiger partial charge in [0.05, 0.1) is 6.54 Å². The molecule has 0 radical (unpaired) electrons. The van der Waals surface area contributed by atoms with E-state index in [0.29, 0.717) is 12.4 Å². The second-order valence-electron chi connectivity index (χ2n) is 7.41. The van der Waals surface area contributed by atoms with E-state index in [4.69, 9.17) is 4.52 Å². The van der Waals surface area contributed by atoms with E-state index in [1.54, 1.807) is 0 Å². The predicted octanol–water partition coefficient (Wildman–Crippen LogP) is 3.10. The third kappa shape index (κ3) is 2.92. The molecule has 2 saturated heterocycles. The minimum Gasteiger partial charge on any atom is -0.338 e. The molecule has 1 unspecified atom stereocenters. The second kappa shape index (κ2) is 6.83.